The Morgan fingerprint density at radius 2 is 1.50 bits per heavy atom. The van der Waals surface area contributed by atoms with Crippen molar-refractivity contribution in [1.82, 2.24) is 0 Å². The van der Waals surface area contributed by atoms with E-state index in [9.17, 15) is 4.79 Å². The van der Waals surface area contributed by atoms with E-state index in [0.717, 1.165) is 16.3 Å². The summed E-state index contributed by atoms with van der Waals surface area (Å²) >= 11 is 0. The first kappa shape index (κ1) is 14.7. The summed E-state index contributed by atoms with van der Waals surface area (Å²) in [6.45, 7) is 3.92. The third kappa shape index (κ3) is 2.23. The smallest absolute Gasteiger partial charge is 0.302 e. The Kier molecular flexibility index (Phi) is 3.46. The quantitative estimate of drug-likeness (QED) is 0.277. The lowest BCUT2D eigenvalue weighted by atomic mass is 9.90. The van der Waals surface area contributed by atoms with Crippen LogP contribution in [0.2, 0.25) is 0 Å². The van der Waals surface area contributed by atoms with Gasteiger partial charge in [-0.15, -0.1) is 0 Å². The molecular formula is C22H18O2. The van der Waals surface area contributed by atoms with E-state index in [2.05, 4.69) is 61.5 Å². The van der Waals surface area contributed by atoms with Crippen LogP contribution in [0.1, 0.15) is 18.1 Å². The third-order valence-electron chi connectivity index (χ3n) is 4.71. The second-order valence-electron chi connectivity index (χ2n) is 6.14. The largest absolute Gasteiger partial charge is 0.461 e. The van der Waals surface area contributed by atoms with Crippen LogP contribution in [-0.4, -0.2) is 5.97 Å². The topological polar surface area (TPSA) is 26.3 Å². The minimum absolute atomic E-state index is 0.256. The molecule has 0 N–H and O–H groups in total. The van der Waals surface area contributed by atoms with Gasteiger partial charge in [0.05, 0.1) is 0 Å². The molecule has 4 aromatic rings. The molecule has 4 rings (SSSR count). The van der Waals surface area contributed by atoms with Crippen molar-refractivity contribution in [1.29, 1.82) is 0 Å². The van der Waals surface area contributed by atoms with Gasteiger partial charge in [0, 0.05) is 12.5 Å². The summed E-state index contributed by atoms with van der Waals surface area (Å²) < 4.78 is 5.36. The first-order chi connectivity index (χ1) is 11.7. The second-order valence-corrected chi connectivity index (χ2v) is 6.14. The van der Waals surface area contributed by atoms with Crippen LogP contribution in [0.25, 0.3) is 32.3 Å². The lowest BCUT2D eigenvalue weighted by Gasteiger charge is -2.16. The molecule has 0 atom stereocenters. The van der Waals surface area contributed by atoms with Gasteiger partial charge in [0.25, 0.3) is 0 Å². The zero-order valence-electron chi connectivity index (χ0n) is 13.8. The standard InChI is InChI=1S/C22H18O2/c1-14-17-8-5-6-10-19(17)21(13-24-15(2)23)20-12-11-16-7-3-4-9-18(16)22(14)20/h3-12H,13H2,1-2H3. The fourth-order valence-corrected chi connectivity index (χ4v) is 3.61. The predicted octanol–water partition coefficient (Wildman–Crippen LogP) is 5.52. The van der Waals surface area contributed by atoms with E-state index in [1.165, 1.54) is 34.0 Å². The normalized spacial score (nSPS) is 11.2. The van der Waals surface area contributed by atoms with Crippen LogP contribution in [0.5, 0.6) is 0 Å². The molecule has 0 radical (unpaired) electrons. The molecule has 0 saturated heterocycles. The van der Waals surface area contributed by atoms with Crippen molar-refractivity contribution in [2.75, 3.05) is 0 Å². The molecular weight excluding hydrogens is 296 g/mol. The summed E-state index contributed by atoms with van der Waals surface area (Å²) in [5.74, 6) is -0.256. The number of aryl methyl sites for hydroxylation is 1. The highest BCUT2D eigenvalue weighted by atomic mass is 16.5. The lowest BCUT2D eigenvalue weighted by molar-refractivity contribution is -0.142. The van der Waals surface area contributed by atoms with Crippen molar-refractivity contribution < 1.29 is 9.53 Å². The Hall–Kier alpha value is -2.87. The maximum atomic E-state index is 11.3. The summed E-state index contributed by atoms with van der Waals surface area (Å²) in [4.78, 5) is 11.3. The average Bonchev–Trinajstić information content (AvgIpc) is 2.61. The van der Waals surface area contributed by atoms with Crippen LogP contribution in [0, 0.1) is 6.92 Å². The zero-order valence-corrected chi connectivity index (χ0v) is 13.8. The lowest BCUT2D eigenvalue weighted by Crippen LogP contribution is -2.01. The molecule has 0 spiro atoms. The van der Waals surface area contributed by atoms with E-state index in [4.69, 9.17) is 4.74 Å². The monoisotopic (exact) mass is 314 g/mol. The molecule has 24 heavy (non-hydrogen) atoms. The Bertz CT molecular complexity index is 1090. The first-order valence-corrected chi connectivity index (χ1v) is 8.12. The molecule has 0 aliphatic heterocycles. The van der Waals surface area contributed by atoms with E-state index in [1.807, 2.05) is 6.07 Å². The average molecular weight is 314 g/mol. The zero-order chi connectivity index (χ0) is 16.7. The highest BCUT2D eigenvalue weighted by Crippen LogP contribution is 2.37. The Balaban J connectivity index is 2.18. The van der Waals surface area contributed by atoms with Crippen LogP contribution in [0.3, 0.4) is 0 Å². The van der Waals surface area contributed by atoms with Gasteiger partial charge < -0.3 is 4.74 Å². The second kappa shape index (κ2) is 5.64. The number of carbonyl (C=O) groups is 1. The first-order valence-electron chi connectivity index (χ1n) is 8.12. The van der Waals surface area contributed by atoms with E-state index in [1.54, 1.807) is 0 Å². The van der Waals surface area contributed by atoms with Gasteiger partial charge in [0.15, 0.2) is 0 Å². The maximum absolute atomic E-state index is 11.3. The third-order valence-corrected chi connectivity index (χ3v) is 4.71. The van der Waals surface area contributed by atoms with Gasteiger partial charge >= 0.3 is 5.97 Å². The molecule has 0 amide bonds. The molecule has 0 aromatic heterocycles. The molecule has 2 nitrogen and oxygen atoms in total. The van der Waals surface area contributed by atoms with Crippen LogP contribution >= 0.6 is 0 Å². The van der Waals surface area contributed by atoms with Crippen molar-refractivity contribution in [3.05, 3.63) is 71.8 Å². The Morgan fingerprint density at radius 3 is 2.25 bits per heavy atom. The van der Waals surface area contributed by atoms with Crippen molar-refractivity contribution in [3.8, 4) is 0 Å². The molecule has 0 aliphatic rings. The van der Waals surface area contributed by atoms with Gasteiger partial charge in [0.2, 0.25) is 0 Å². The maximum Gasteiger partial charge on any atom is 0.302 e. The molecule has 0 bridgehead atoms. The number of carbonyl (C=O) groups excluding carboxylic acids is 1. The van der Waals surface area contributed by atoms with Gasteiger partial charge in [-0.1, -0.05) is 60.7 Å². The summed E-state index contributed by atoms with van der Waals surface area (Å²) in [6, 6.07) is 21.1. The number of hydrogen-bond donors (Lipinski definition) is 0. The van der Waals surface area contributed by atoms with Crippen molar-refractivity contribution in [2.24, 2.45) is 0 Å². The molecule has 118 valence electrons. The molecule has 2 heteroatoms. The van der Waals surface area contributed by atoms with Crippen LogP contribution in [0.15, 0.2) is 60.7 Å². The van der Waals surface area contributed by atoms with Crippen LogP contribution in [0.4, 0.5) is 0 Å². The minimum atomic E-state index is -0.256. The van der Waals surface area contributed by atoms with Crippen LogP contribution < -0.4 is 0 Å². The summed E-state index contributed by atoms with van der Waals surface area (Å²) in [5.41, 5.74) is 2.34. The highest BCUT2D eigenvalue weighted by Gasteiger charge is 2.14. The van der Waals surface area contributed by atoms with E-state index < -0.39 is 0 Å². The fraction of sp³-hybridized carbons (Fsp3) is 0.136. The Morgan fingerprint density at radius 1 is 0.833 bits per heavy atom. The summed E-state index contributed by atoms with van der Waals surface area (Å²) in [6.07, 6.45) is 0. The van der Waals surface area contributed by atoms with Gasteiger partial charge in [-0.2, -0.15) is 0 Å². The SMILES string of the molecule is CC(=O)OCc1c2ccccc2c(C)c2c1ccc1ccccc12. The van der Waals surface area contributed by atoms with E-state index >= 15 is 0 Å². The van der Waals surface area contributed by atoms with E-state index in [-0.39, 0.29) is 5.97 Å². The number of ether oxygens (including phenoxy) is 1. The molecule has 0 heterocycles. The van der Waals surface area contributed by atoms with Gasteiger partial charge in [0.1, 0.15) is 6.61 Å². The van der Waals surface area contributed by atoms with Crippen molar-refractivity contribution >= 4 is 38.3 Å². The number of fused-ring (bicyclic) bond motifs is 4. The predicted molar refractivity (Wildman–Crippen MR) is 99.2 cm³/mol. The number of esters is 1. The molecule has 4 aromatic carbocycles. The molecule has 0 saturated carbocycles. The molecule has 0 unspecified atom stereocenters. The number of rotatable bonds is 2. The fourth-order valence-electron chi connectivity index (χ4n) is 3.61. The molecule has 0 aliphatic carbocycles. The van der Waals surface area contributed by atoms with Gasteiger partial charge in [-0.25, -0.2) is 0 Å². The minimum Gasteiger partial charge on any atom is -0.461 e. The van der Waals surface area contributed by atoms with E-state index in [0.29, 0.717) is 6.61 Å². The summed E-state index contributed by atoms with van der Waals surface area (Å²) in [7, 11) is 0. The summed E-state index contributed by atoms with van der Waals surface area (Å²) in [5, 5.41) is 7.23. The van der Waals surface area contributed by atoms with Crippen LogP contribution in [-0.2, 0) is 16.1 Å². The Labute approximate surface area is 140 Å². The van der Waals surface area contributed by atoms with Crippen molar-refractivity contribution in [3.63, 3.8) is 0 Å². The molecule has 0 fully saturated rings. The number of benzene rings is 4. The van der Waals surface area contributed by atoms with Crippen molar-refractivity contribution in [2.45, 2.75) is 20.5 Å². The number of hydrogen-bond acceptors (Lipinski definition) is 2. The van der Waals surface area contributed by atoms with Gasteiger partial charge in [-0.3, -0.25) is 4.79 Å². The highest BCUT2D eigenvalue weighted by molar-refractivity contribution is 6.16. The van der Waals surface area contributed by atoms with Gasteiger partial charge in [-0.05, 0) is 44.8 Å².